The van der Waals surface area contributed by atoms with Gasteiger partial charge in [-0.05, 0) is 65.6 Å². The van der Waals surface area contributed by atoms with E-state index in [1.807, 2.05) is 6.08 Å². The first-order valence-corrected chi connectivity index (χ1v) is 9.88. The Hall–Kier alpha value is 0.277. The average Bonchev–Trinajstić information content (AvgIpc) is 2.11. The Bertz CT molecular complexity index is 258. The number of Topliss-reactive ketones (excluding diaryl/α,β-unsaturated/α-hetero) is 1. The second kappa shape index (κ2) is 7.57. The van der Waals surface area contributed by atoms with Crippen molar-refractivity contribution < 1.29 is 14.3 Å². The summed E-state index contributed by atoms with van der Waals surface area (Å²) in [5.74, 6) is -0.182. The van der Waals surface area contributed by atoms with Gasteiger partial charge in [0, 0.05) is 6.61 Å². The number of carbonyl (C=O) groups is 1. The van der Waals surface area contributed by atoms with Crippen LogP contribution in [0.2, 0.25) is 19.6 Å². The molecule has 0 aliphatic heterocycles. The van der Waals surface area contributed by atoms with Crippen LogP contribution >= 0.6 is 22.6 Å². The van der Waals surface area contributed by atoms with E-state index in [-0.39, 0.29) is 5.78 Å². The Morgan fingerprint density at radius 3 is 2.50 bits per heavy atom. The molecule has 5 heteroatoms. The van der Waals surface area contributed by atoms with E-state index in [2.05, 4.69) is 42.2 Å². The van der Waals surface area contributed by atoms with Crippen molar-refractivity contribution >= 4 is 36.7 Å². The molecular weight excluding hydrogens is 335 g/mol. The van der Waals surface area contributed by atoms with E-state index in [0.29, 0.717) is 6.42 Å². The SMILES string of the molecule is CC(=O)[C@@H](O)C/C=C(\I)CCO[Si](C)(C)C. The Morgan fingerprint density at radius 1 is 1.50 bits per heavy atom. The molecule has 0 rings (SSSR count). The molecule has 94 valence electrons. The van der Waals surface area contributed by atoms with Crippen molar-refractivity contribution in [1.29, 1.82) is 0 Å². The van der Waals surface area contributed by atoms with Crippen molar-refractivity contribution in [1.82, 2.24) is 0 Å². The maximum atomic E-state index is 10.8. The van der Waals surface area contributed by atoms with Crippen molar-refractivity contribution in [3.8, 4) is 0 Å². The van der Waals surface area contributed by atoms with Crippen LogP contribution in [-0.4, -0.2) is 31.9 Å². The largest absolute Gasteiger partial charge is 0.417 e. The number of aliphatic hydroxyl groups excluding tert-OH is 1. The van der Waals surface area contributed by atoms with Crippen molar-refractivity contribution in [3.63, 3.8) is 0 Å². The first-order valence-electron chi connectivity index (χ1n) is 5.39. The van der Waals surface area contributed by atoms with Crippen LogP contribution in [-0.2, 0) is 9.22 Å². The zero-order valence-electron chi connectivity index (χ0n) is 10.4. The molecule has 0 radical (unpaired) electrons. The molecule has 0 heterocycles. The van der Waals surface area contributed by atoms with Crippen LogP contribution in [0.5, 0.6) is 0 Å². The van der Waals surface area contributed by atoms with Crippen LogP contribution < -0.4 is 0 Å². The van der Waals surface area contributed by atoms with Gasteiger partial charge >= 0.3 is 0 Å². The maximum absolute atomic E-state index is 10.8. The summed E-state index contributed by atoms with van der Waals surface area (Å²) in [7, 11) is -1.42. The van der Waals surface area contributed by atoms with Crippen molar-refractivity contribution in [2.75, 3.05) is 6.61 Å². The van der Waals surface area contributed by atoms with Crippen molar-refractivity contribution in [2.24, 2.45) is 0 Å². The zero-order chi connectivity index (χ0) is 12.8. The lowest BCUT2D eigenvalue weighted by Crippen LogP contribution is -2.25. The summed E-state index contributed by atoms with van der Waals surface area (Å²) in [4.78, 5) is 10.8. The van der Waals surface area contributed by atoms with Crippen LogP contribution in [0.25, 0.3) is 0 Å². The molecule has 0 aliphatic carbocycles. The quantitative estimate of drug-likeness (QED) is 0.564. The minimum Gasteiger partial charge on any atom is -0.417 e. The van der Waals surface area contributed by atoms with Crippen LogP contribution in [0.4, 0.5) is 0 Å². The lowest BCUT2D eigenvalue weighted by atomic mass is 10.2. The second-order valence-corrected chi connectivity index (χ2v) is 10.6. The first kappa shape index (κ1) is 16.3. The second-order valence-electron chi connectivity index (χ2n) is 4.72. The van der Waals surface area contributed by atoms with Gasteiger partial charge in [-0.2, -0.15) is 0 Å². The molecule has 0 spiro atoms. The summed E-state index contributed by atoms with van der Waals surface area (Å²) >= 11 is 2.22. The fraction of sp³-hybridized carbons (Fsp3) is 0.727. The molecule has 0 saturated carbocycles. The number of ketones is 1. The van der Waals surface area contributed by atoms with Gasteiger partial charge in [0.2, 0.25) is 0 Å². The van der Waals surface area contributed by atoms with Gasteiger partial charge in [0.1, 0.15) is 6.10 Å². The molecule has 0 unspecified atom stereocenters. The van der Waals surface area contributed by atoms with Gasteiger partial charge in [0.05, 0.1) is 0 Å². The highest BCUT2D eigenvalue weighted by Crippen LogP contribution is 2.15. The van der Waals surface area contributed by atoms with Gasteiger partial charge in [-0.3, -0.25) is 4.79 Å². The fourth-order valence-corrected chi connectivity index (χ4v) is 2.15. The van der Waals surface area contributed by atoms with Crippen LogP contribution in [0.15, 0.2) is 9.66 Å². The number of carbonyl (C=O) groups excluding carboxylic acids is 1. The average molecular weight is 356 g/mol. The summed E-state index contributed by atoms with van der Waals surface area (Å²) in [6.45, 7) is 8.59. The molecule has 0 aromatic heterocycles. The number of hydrogen-bond donors (Lipinski definition) is 1. The number of rotatable bonds is 7. The smallest absolute Gasteiger partial charge is 0.183 e. The van der Waals surface area contributed by atoms with Crippen molar-refractivity contribution in [3.05, 3.63) is 9.66 Å². The van der Waals surface area contributed by atoms with Gasteiger partial charge in [0.25, 0.3) is 0 Å². The maximum Gasteiger partial charge on any atom is 0.183 e. The van der Waals surface area contributed by atoms with Crippen LogP contribution in [0.1, 0.15) is 19.8 Å². The molecule has 0 fully saturated rings. The normalized spacial score (nSPS) is 15.0. The summed E-state index contributed by atoms with van der Waals surface area (Å²) in [6, 6.07) is 0. The minimum absolute atomic E-state index is 0.182. The first-order chi connectivity index (χ1) is 7.22. The number of halogens is 1. The molecule has 0 aromatic rings. The third kappa shape index (κ3) is 9.50. The molecule has 16 heavy (non-hydrogen) atoms. The predicted molar refractivity (Wildman–Crippen MR) is 77.3 cm³/mol. The number of aliphatic hydroxyl groups is 1. The standard InChI is InChI=1S/C11H21IO3Si/c1-9(13)11(14)6-5-10(12)7-8-15-16(2,3)4/h5,11,14H,6-8H2,1-4H3/b10-5-/t11-/m0/s1. The third-order valence-corrected chi connectivity index (χ3v) is 3.96. The van der Waals surface area contributed by atoms with E-state index in [0.717, 1.165) is 16.6 Å². The zero-order valence-corrected chi connectivity index (χ0v) is 13.6. The lowest BCUT2D eigenvalue weighted by molar-refractivity contribution is -0.124. The van der Waals surface area contributed by atoms with Gasteiger partial charge < -0.3 is 9.53 Å². The fourth-order valence-electron chi connectivity index (χ4n) is 0.962. The van der Waals surface area contributed by atoms with Crippen LogP contribution in [0, 0.1) is 0 Å². The molecule has 0 aromatic carbocycles. The highest BCUT2D eigenvalue weighted by Gasteiger charge is 2.13. The molecule has 0 bridgehead atoms. The molecule has 1 N–H and O–H groups in total. The van der Waals surface area contributed by atoms with E-state index < -0.39 is 14.4 Å². The lowest BCUT2D eigenvalue weighted by Gasteiger charge is -2.16. The van der Waals surface area contributed by atoms with Gasteiger partial charge in [-0.1, -0.05) is 6.08 Å². The Labute approximate surface area is 113 Å². The number of hydrogen-bond acceptors (Lipinski definition) is 3. The van der Waals surface area contributed by atoms with Gasteiger partial charge in [0.15, 0.2) is 14.1 Å². The highest BCUT2D eigenvalue weighted by atomic mass is 127. The molecule has 0 saturated heterocycles. The monoisotopic (exact) mass is 356 g/mol. The van der Waals surface area contributed by atoms with E-state index in [1.54, 1.807) is 0 Å². The molecule has 3 nitrogen and oxygen atoms in total. The molecule has 0 amide bonds. The Kier molecular flexibility index (Phi) is 7.70. The topological polar surface area (TPSA) is 46.5 Å². The van der Waals surface area contributed by atoms with E-state index >= 15 is 0 Å². The predicted octanol–water partition coefficient (Wildman–Crippen LogP) is 2.89. The summed E-state index contributed by atoms with van der Waals surface area (Å²) < 4.78 is 6.85. The van der Waals surface area contributed by atoms with Crippen molar-refractivity contribution in [2.45, 2.75) is 45.5 Å². The highest BCUT2D eigenvalue weighted by molar-refractivity contribution is 14.1. The summed E-state index contributed by atoms with van der Waals surface area (Å²) in [5, 5.41) is 9.31. The van der Waals surface area contributed by atoms with Gasteiger partial charge in [-0.15, -0.1) is 0 Å². The molecule has 1 atom stereocenters. The van der Waals surface area contributed by atoms with Crippen LogP contribution in [0.3, 0.4) is 0 Å². The van der Waals surface area contributed by atoms with E-state index in [9.17, 15) is 9.90 Å². The summed E-state index contributed by atoms with van der Waals surface area (Å²) in [6.07, 6.45) is 2.30. The van der Waals surface area contributed by atoms with Gasteiger partial charge in [-0.25, -0.2) is 0 Å². The van der Waals surface area contributed by atoms with E-state index in [1.165, 1.54) is 6.92 Å². The Balaban J connectivity index is 3.84. The summed E-state index contributed by atoms with van der Waals surface area (Å²) in [5.41, 5.74) is 0. The molecular formula is C11H21IO3Si. The minimum atomic E-state index is -1.42. The molecule has 0 aliphatic rings. The Morgan fingerprint density at radius 2 is 2.06 bits per heavy atom. The third-order valence-electron chi connectivity index (χ3n) is 1.91. The van der Waals surface area contributed by atoms with E-state index in [4.69, 9.17) is 4.43 Å².